The number of nitrogens with zero attached hydrogens (tertiary/aromatic N) is 1. The van der Waals surface area contributed by atoms with Gasteiger partial charge in [0.25, 0.3) is 0 Å². The molecule has 1 N–H and O–H groups in total. The lowest BCUT2D eigenvalue weighted by Gasteiger charge is -2.06. The smallest absolute Gasteiger partial charge is 0.307 e. The molecule has 0 atom stereocenters. The van der Waals surface area contributed by atoms with Crippen LogP contribution < -0.4 is 10.2 Å². The number of furan rings is 1. The standard InChI is InChI=1S/C19H15BrN2O3/c20-18-11-10-17(25-18)19(23)22-21-12-14-6-8-16(9-7-14)24-13-15-4-2-1-3-5-15/h1-12H,13H2,(H,22,23). The topological polar surface area (TPSA) is 63.8 Å². The summed E-state index contributed by atoms with van der Waals surface area (Å²) in [6.07, 6.45) is 1.55. The molecule has 25 heavy (non-hydrogen) atoms. The SMILES string of the molecule is O=C(NN=Cc1ccc(OCc2ccccc2)cc1)c1ccc(Br)o1. The van der Waals surface area contributed by atoms with Gasteiger partial charge in [-0.05, 0) is 63.5 Å². The Morgan fingerprint density at radius 1 is 1.08 bits per heavy atom. The van der Waals surface area contributed by atoms with E-state index in [4.69, 9.17) is 9.15 Å². The van der Waals surface area contributed by atoms with Crippen LogP contribution in [0.2, 0.25) is 0 Å². The second kappa shape index (κ2) is 8.30. The number of carbonyl (C=O) groups is 1. The number of ether oxygens (including phenoxy) is 1. The van der Waals surface area contributed by atoms with E-state index in [1.54, 1.807) is 18.3 Å². The van der Waals surface area contributed by atoms with Crippen LogP contribution >= 0.6 is 15.9 Å². The van der Waals surface area contributed by atoms with E-state index in [2.05, 4.69) is 26.5 Å². The third-order valence-electron chi connectivity index (χ3n) is 3.31. The Morgan fingerprint density at radius 3 is 2.52 bits per heavy atom. The van der Waals surface area contributed by atoms with Crippen LogP contribution in [0.15, 0.2) is 80.9 Å². The lowest BCUT2D eigenvalue weighted by molar-refractivity contribution is 0.0926. The van der Waals surface area contributed by atoms with Gasteiger partial charge in [-0.15, -0.1) is 0 Å². The molecule has 0 aliphatic rings. The zero-order chi connectivity index (χ0) is 17.5. The van der Waals surface area contributed by atoms with E-state index >= 15 is 0 Å². The van der Waals surface area contributed by atoms with Crippen molar-refractivity contribution in [1.29, 1.82) is 0 Å². The first-order valence-electron chi connectivity index (χ1n) is 7.56. The van der Waals surface area contributed by atoms with Crippen molar-refractivity contribution in [2.75, 3.05) is 0 Å². The number of nitrogens with one attached hydrogen (secondary N) is 1. The molecule has 0 saturated heterocycles. The highest BCUT2D eigenvalue weighted by molar-refractivity contribution is 9.10. The van der Waals surface area contributed by atoms with Crippen LogP contribution in [0.25, 0.3) is 0 Å². The number of benzene rings is 2. The molecule has 0 fully saturated rings. The number of hydrogen-bond acceptors (Lipinski definition) is 4. The van der Waals surface area contributed by atoms with Crippen LogP contribution in [0, 0.1) is 0 Å². The van der Waals surface area contributed by atoms with Gasteiger partial charge in [0.1, 0.15) is 12.4 Å². The maximum atomic E-state index is 11.8. The van der Waals surface area contributed by atoms with Crippen LogP contribution in [0.3, 0.4) is 0 Å². The van der Waals surface area contributed by atoms with Gasteiger partial charge in [0.15, 0.2) is 10.4 Å². The molecule has 0 unspecified atom stereocenters. The van der Waals surface area contributed by atoms with Crippen molar-refractivity contribution in [1.82, 2.24) is 5.43 Å². The lowest BCUT2D eigenvalue weighted by atomic mass is 10.2. The van der Waals surface area contributed by atoms with Crippen molar-refractivity contribution in [3.63, 3.8) is 0 Å². The van der Waals surface area contributed by atoms with Crippen molar-refractivity contribution < 1.29 is 13.9 Å². The Balaban J connectivity index is 1.51. The minimum Gasteiger partial charge on any atom is -0.489 e. The molecule has 0 radical (unpaired) electrons. The van der Waals surface area contributed by atoms with Crippen molar-refractivity contribution in [3.8, 4) is 5.75 Å². The first-order valence-corrected chi connectivity index (χ1v) is 8.35. The van der Waals surface area contributed by atoms with Crippen molar-refractivity contribution in [2.45, 2.75) is 6.61 Å². The van der Waals surface area contributed by atoms with E-state index in [-0.39, 0.29) is 5.76 Å². The Bertz CT molecular complexity index is 858. The average molecular weight is 399 g/mol. The predicted octanol–water partition coefficient (Wildman–Crippen LogP) is 4.39. The molecule has 1 aromatic heterocycles. The molecule has 2 aromatic carbocycles. The number of rotatable bonds is 6. The van der Waals surface area contributed by atoms with Gasteiger partial charge in [0, 0.05) is 0 Å². The summed E-state index contributed by atoms with van der Waals surface area (Å²) in [5, 5.41) is 3.91. The molecule has 3 rings (SSSR count). The molecule has 0 bridgehead atoms. The van der Waals surface area contributed by atoms with E-state index in [9.17, 15) is 4.79 Å². The first kappa shape index (κ1) is 17.0. The Morgan fingerprint density at radius 2 is 1.84 bits per heavy atom. The van der Waals surface area contributed by atoms with Gasteiger partial charge < -0.3 is 9.15 Å². The zero-order valence-corrected chi connectivity index (χ0v) is 14.8. The van der Waals surface area contributed by atoms with Crippen molar-refractivity contribution >= 4 is 28.1 Å². The van der Waals surface area contributed by atoms with Crippen LogP contribution in [0.1, 0.15) is 21.7 Å². The predicted molar refractivity (Wildman–Crippen MR) is 98.7 cm³/mol. The van der Waals surface area contributed by atoms with Gasteiger partial charge in [-0.3, -0.25) is 4.79 Å². The fourth-order valence-electron chi connectivity index (χ4n) is 2.05. The summed E-state index contributed by atoms with van der Waals surface area (Å²) in [5.74, 6) is 0.545. The van der Waals surface area contributed by atoms with E-state index in [1.807, 2.05) is 54.6 Å². The molecule has 0 spiro atoms. The monoisotopic (exact) mass is 398 g/mol. The summed E-state index contributed by atoms with van der Waals surface area (Å²) in [4.78, 5) is 11.8. The largest absolute Gasteiger partial charge is 0.489 e. The molecule has 1 heterocycles. The summed E-state index contributed by atoms with van der Waals surface area (Å²) >= 11 is 3.14. The summed E-state index contributed by atoms with van der Waals surface area (Å²) in [7, 11) is 0. The van der Waals surface area contributed by atoms with Crippen molar-refractivity contribution in [2.24, 2.45) is 5.10 Å². The maximum Gasteiger partial charge on any atom is 0.307 e. The number of halogens is 1. The van der Waals surface area contributed by atoms with Gasteiger partial charge in [-0.1, -0.05) is 30.3 Å². The Hall–Kier alpha value is -2.86. The highest BCUT2D eigenvalue weighted by Crippen LogP contribution is 2.14. The molecule has 3 aromatic rings. The minimum absolute atomic E-state index is 0.189. The number of carbonyl (C=O) groups excluding carboxylic acids is 1. The number of hydrazone groups is 1. The lowest BCUT2D eigenvalue weighted by Crippen LogP contribution is -2.16. The van der Waals surface area contributed by atoms with Gasteiger partial charge in [0.2, 0.25) is 0 Å². The minimum atomic E-state index is -0.412. The summed E-state index contributed by atoms with van der Waals surface area (Å²) in [6.45, 7) is 0.517. The highest BCUT2D eigenvalue weighted by atomic mass is 79.9. The molecule has 6 heteroatoms. The van der Waals surface area contributed by atoms with Gasteiger partial charge >= 0.3 is 5.91 Å². The Kier molecular flexibility index (Phi) is 5.64. The normalized spacial score (nSPS) is 10.8. The molecule has 0 aliphatic heterocycles. The molecule has 5 nitrogen and oxygen atoms in total. The first-order chi connectivity index (χ1) is 12.2. The van der Waals surface area contributed by atoms with Crippen LogP contribution in [-0.2, 0) is 6.61 Å². The van der Waals surface area contributed by atoms with E-state index < -0.39 is 5.91 Å². The number of hydrogen-bond donors (Lipinski definition) is 1. The maximum absolute atomic E-state index is 11.8. The molecule has 126 valence electrons. The third kappa shape index (κ3) is 5.06. The van der Waals surface area contributed by atoms with Crippen LogP contribution in [-0.4, -0.2) is 12.1 Å². The third-order valence-corrected chi connectivity index (χ3v) is 3.73. The molecular weight excluding hydrogens is 384 g/mol. The summed E-state index contributed by atoms with van der Waals surface area (Å²) in [6, 6.07) is 20.6. The fraction of sp³-hybridized carbons (Fsp3) is 0.0526. The Labute approximate surface area is 153 Å². The van der Waals surface area contributed by atoms with E-state index in [1.165, 1.54) is 0 Å². The van der Waals surface area contributed by atoms with Gasteiger partial charge in [-0.2, -0.15) is 5.10 Å². The summed E-state index contributed by atoms with van der Waals surface area (Å²) in [5.41, 5.74) is 4.36. The number of amides is 1. The summed E-state index contributed by atoms with van der Waals surface area (Å²) < 4.78 is 11.4. The van der Waals surface area contributed by atoms with Gasteiger partial charge in [0.05, 0.1) is 6.21 Å². The second-order valence-electron chi connectivity index (χ2n) is 5.15. The quantitative estimate of drug-likeness (QED) is 0.494. The van der Waals surface area contributed by atoms with E-state index in [0.717, 1.165) is 16.9 Å². The molecule has 0 aliphatic carbocycles. The second-order valence-corrected chi connectivity index (χ2v) is 5.93. The van der Waals surface area contributed by atoms with Crippen LogP contribution in [0.4, 0.5) is 0 Å². The van der Waals surface area contributed by atoms with Gasteiger partial charge in [-0.25, -0.2) is 5.43 Å². The van der Waals surface area contributed by atoms with Crippen LogP contribution in [0.5, 0.6) is 5.75 Å². The zero-order valence-electron chi connectivity index (χ0n) is 13.2. The van der Waals surface area contributed by atoms with E-state index in [0.29, 0.717) is 11.3 Å². The highest BCUT2D eigenvalue weighted by Gasteiger charge is 2.08. The average Bonchev–Trinajstić information content (AvgIpc) is 3.08. The molecular formula is C19H15BrN2O3. The molecule has 0 saturated carbocycles. The van der Waals surface area contributed by atoms with Crippen molar-refractivity contribution in [3.05, 3.63) is 88.3 Å². The molecule has 1 amide bonds. The fourth-order valence-corrected chi connectivity index (χ4v) is 2.35.